The molecule has 1 amide bonds. The molecule has 0 unspecified atom stereocenters. The van der Waals surface area contributed by atoms with E-state index in [0.29, 0.717) is 48.6 Å². The van der Waals surface area contributed by atoms with Crippen LogP contribution in [0.15, 0.2) is 83.7 Å². The summed E-state index contributed by atoms with van der Waals surface area (Å²) in [6, 6.07) is 19.3. The Morgan fingerprint density at radius 1 is 1.03 bits per heavy atom. The lowest BCUT2D eigenvalue weighted by Crippen LogP contribution is -2.36. The highest BCUT2D eigenvalue weighted by Gasteiger charge is 2.19. The average Bonchev–Trinajstić information content (AvgIpc) is 3.63. The molecular weight excluding hydrogens is 468 g/mol. The Morgan fingerprint density at radius 2 is 1.89 bits per heavy atom. The van der Waals surface area contributed by atoms with Crippen LogP contribution in [0, 0.1) is 0 Å². The zero-order valence-electron chi connectivity index (χ0n) is 20.2. The number of aromatic nitrogens is 4. The summed E-state index contributed by atoms with van der Waals surface area (Å²) in [7, 11) is 0. The van der Waals surface area contributed by atoms with Crippen molar-refractivity contribution in [2.75, 3.05) is 31.2 Å². The molecule has 0 aliphatic carbocycles. The largest absolute Gasteiger partial charge is 0.467 e. The minimum Gasteiger partial charge on any atom is -0.467 e. The molecule has 6 rings (SSSR count). The fraction of sp³-hybridized carbons (Fsp3) is 0.214. The minimum absolute atomic E-state index is 0.188. The summed E-state index contributed by atoms with van der Waals surface area (Å²) in [4.78, 5) is 25.1. The van der Waals surface area contributed by atoms with E-state index in [1.165, 1.54) is 0 Å². The van der Waals surface area contributed by atoms with Crippen LogP contribution in [0.4, 0.5) is 5.82 Å². The first-order valence-corrected chi connectivity index (χ1v) is 12.2. The number of rotatable bonds is 7. The number of anilines is 1. The van der Waals surface area contributed by atoms with Gasteiger partial charge in [-0.1, -0.05) is 30.3 Å². The van der Waals surface area contributed by atoms with Crippen molar-refractivity contribution < 1.29 is 13.9 Å². The number of amides is 1. The zero-order chi connectivity index (χ0) is 25.0. The number of hydrogen-bond acceptors (Lipinski definition) is 7. The molecule has 1 aromatic carbocycles. The number of pyridine rings is 2. The molecule has 0 saturated carbocycles. The maximum Gasteiger partial charge on any atom is 0.252 e. The third-order valence-corrected chi connectivity index (χ3v) is 6.41. The second-order valence-corrected chi connectivity index (χ2v) is 8.84. The maximum atomic E-state index is 13.5. The van der Waals surface area contributed by atoms with E-state index in [1.54, 1.807) is 23.3 Å². The number of carbonyl (C=O) groups is 1. The van der Waals surface area contributed by atoms with Gasteiger partial charge >= 0.3 is 0 Å². The summed E-state index contributed by atoms with van der Waals surface area (Å²) in [5, 5.41) is 8.29. The highest BCUT2D eigenvalue weighted by Crippen LogP contribution is 2.25. The van der Waals surface area contributed by atoms with Crippen LogP contribution in [0.1, 0.15) is 21.7 Å². The van der Waals surface area contributed by atoms with Crippen molar-refractivity contribution in [3.05, 3.63) is 96.2 Å². The van der Waals surface area contributed by atoms with Crippen LogP contribution >= 0.6 is 0 Å². The topological polar surface area (TPSA) is 98.3 Å². The highest BCUT2D eigenvalue weighted by atomic mass is 16.5. The van der Waals surface area contributed by atoms with Crippen molar-refractivity contribution in [3.63, 3.8) is 0 Å². The molecule has 5 aromatic rings. The lowest BCUT2D eigenvalue weighted by Gasteiger charge is -2.28. The smallest absolute Gasteiger partial charge is 0.252 e. The Balaban J connectivity index is 1.29. The van der Waals surface area contributed by atoms with Gasteiger partial charge in [0.2, 0.25) is 0 Å². The number of carbonyl (C=O) groups excluding carboxylic acids is 1. The van der Waals surface area contributed by atoms with E-state index >= 15 is 0 Å². The number of morpholine rings is 1. The van der Waals surface area contributed by atoms with Gasteiger partial charge < -0.3 is 19.4 Å². The predicted molar refractivity (Wildman–Crippen MR) is 139 cm³/mol. The molecule has 1 saturated heterocycles. The summed E-state index contributed by atoms with van der Waals surface area (Å²) in [5.41, 5.74) is 3.76. The molecule has 37 heavy (non-hydrogen) atoms. The van der Waals surface area contributed by atoms with Gasteiger partial charge in [-0.2, -0.15) is 5.10 Å². The van der Waals surface area contributed by atoms with Crippen molar-refractivity contribution in [1.82, 2.24) is 25.1 Å². The molecule has 4 aromatic heterocycles. The second-order valence-electron chi connectivity index (χ2n) is 8.84. The van der Waals surface area contributed by atoms with Gasteiger partial charge in [0.05, 0.1) is 42.3 Å². The lowest BCUT2D eigenvalue weighted by atomic mass is 10.1. The first kappa shape index (κ1) is 22.9. The Bertz CT molecular complexity index is 1510. The average molecular weight is 495 g/mol. The molecule has 0 spiro atoms. The van der Waals surface area contributed by atoms with Crippen molar-refractivity contribution in [2.24, 2.45) is 0 Å². The molecule has 1 fully saturated rings. The van der Waals surface area contributed by atoms with Gasteiger partial charge in [-0.05, 0) is 35.9 Å². The SMILES string of the molecule is O=C(NCc1ccnc(N2CCOCC2)c1)c1cc(-c2ccccc2)nc2c1cnn2Cc1ccco1. The Labute approximate surface area is 213 Å². The molecule has 5 heterocycles. The third kappa shape index (κ3) is 4.94. The number of nitrogens with one attached hydrogen (secondary N) is 1. The zero-order valence-corrected chi connectivity index (χ0v) is 20.2. The van der Waals surface area contributed by atoms with Crippen LogP contribution in [0.3, 0.4) is 0 Å². The molecule has 9 heteroatoms. The summed E-state index contributed by atoms with van der Waals surface area (Å²) < 4.78 is 12.7. The van der Waals surface area contributed by atoms with E-state index in [0.717, 1.165) is 35.8 Å². The van der Waals surface area contributed by atoms with E-state index in [2.05, 4.69) is 20.3 Å². The fourth-order valence-corrected chi connectivity index (χ4v) is 4.47. The van der Waals surface area contributed by atoms with Gasteiger partial charge in [0, 0.05) is 31.4 Å². The van der Waals surface area contributed by atoms with E-state index in [4.69, 9.17) is 14.1 Å². The van der Waals surface area contributed by atoms with E-state index < -0.39 is 0 Å². The molecule has 186 valence electrons. The van der Waals surface area contributed by atoms with Crippen molar-refractivity contribution in [2.45, 2.75) is 13.1 Å². The van der Waals surface area contributed by atoms with Crippen molar-refractivity contribution in [1.29, 1.82) is 0 Å². The van der Waals surface area contributed by atoms with Crippen LogP contribution in [0.25, 0.3) is 22.3 Å². The molecule has 1 aliphatic rings. The summed E-state index contributed by atoms with van der Waals surface area (Å²) in [5.74, 6) is 1.47. The number of fused-ring (bicyclic) bond motifs is 1. The lowest BCUT2D eigenvalue weighted by molar-refractivity contribution is 0.0952. The van der Waals surface area contributed by atoms with E-state index in [1.807, 2.05) is 60.7 Å². The van der Waals surface area contributed by atoms with Gasteiger partial charge in [-0.15, -0.1) is 0 Å². The maximum absolute atomic E-state index is 13.5. The molecule has 0 bridgehead atoms. The van der Waals surface area contributed by atoms with Gasteiger partial charge in [-0.25, -0.2) is 14.6 Å². The summed E-state index contributed by atoms with van der Waals surface area (Å²) in [6.07, 6.45) is 5.10. The Morgan fingerprint density at radius 3 is 2.70 bits per heavy atom. The van der Waals surface area contributed by atoms with Crippen LogP contribution in [-0.4, -0.2) is 52.0 Å². The van der Waals surface area contributed by atoms with Gasteiger partial charge in [0.1, 0.15) is 18.1 Å². The number of nitrogens with zero attached hydrogens (tertiary/aromatic N) is 5. The molecule has 9 nitrogen and oxygen atoms in total. The standard InChI is InChI=1S/C28H26N6O3/c35-28(30-17-20-8-9-29-26(15-20)33-10-13-36-14-11-33)23-16-25(21-5-2-1-3-6-21)32-27-24(23)18-31-34(27)19-22-7-4-12-37-22/h1-9,12,15-16,18H,10-11,13-14,17,19H2,(H,30,35). The van der Waals surface area contributed by atoms with Crippen molar-refractivity contribution >= 4 is 22.8 Å². The highest BCUT2D eigenvalue weighted by molar-refractivity contribution is 6.06. The quantitative estimate of drug-likeness (QED) is 0.366. The predicted octanol–water partition coefficient (Wildman–Crippen LogP) is 3.90. The van der Waals surface area contributed by atoms with Crippen LogP contribution < -0.4 is 10.2 Å². The fourth-order valence-electron chi connectivity index (χ4n) is 4.47. The molecular formula is C28H26N6O3. The van der Waals surface area contributed by atoms with E-state index in [-0.39, 0.29) is 5.91 Å². The Hall–Kier alpha value is -4.50. The van der Waals surface area contributed by atoms with E-state index in [9.17, 15) is 4.79 Å². The molecule has 0 atom stereocenters. The van der Waals surface area contributed by atoms with Crippen LogP contribution in [-0.2, 0) is 17.8 Å². The monoisotopic (exact) mass is 494 g/mol. The van der Waals surface area contributed by atoms with Gasteiger partial charge in [0.15, 0.2) is 5.65 Å². The third-order valence-electron chi connectivity index (χ3n) is 6.41. The molecule has 1 aliphatic heterocycles. The number of furan rings is 1. The number of benzene rings is 1. The molecule has 1 N–H and O–H groups in total. The Kier molecular flexibility index (Phi) is 6.35. The number of hydrogen-bond donors (Lipinski definition) is 1. The van der Waals surface area contributed by atoms with Gasteiger partial charge in [-0.3, -0.25) is 4.79 Å². The summed E-state index contributed by atoms with van der Waals surface area (Å²) in [6.45, 7) is 3.80. The molecule has 0 radical (unpaired) electrons. The number of ether oxygens (including phenoxy) is 1. The second kappa shape index (κ2) is 10.2. The first-order chi connectivity index (χ1) is 18.2. The normalized spacial score (nSPS) is 13.7. The minimum atomic E-state index is -0.188. The van der Waals surface area contributed by atoms with Crippen molar-refractivity contribution in [3.8, 4) is 11.3 Å². The van der Waals surface area contributed by atoms with Crippen LogP contribution in [0.5, 0.6) is 0 Å². The van der Waals surface area contributed by atoms with Crippen LogP contribution in [0.2, 0.25) is 0 Å². The summed E-state index contributed by atoms with van der Waals surface area (Å²) >= 11 is 0. The van der Waals surface area contributed by atoms with Gasteiger partial charge in [0.25, 0.3) is 5.91 Å². The first-order valence-electron chi connectivity index (χ1n) is 12.2.